The van der Waals surface area contributed by atoms with E-state index in [0.29, 0.717) is 37.8 Å². The molecule has 21 heavy (non-hydrogen) atoms. The van der Waals surface area contributed by atoms with Crippen LogP contribution in [0.3, 0.4) is 0 Å². The van der Waals surface area contributed by atoms with E-state index in [2.05, 4.69) is 5.32 Å². The van der Waals surface area contributed by atoms with Crippen molar-refractivity contribution in [1.82, 2.24) is 0 Å². The lowest BCUT2D eigenvalue weighted by Gasteiger charge is -2.20. The monoisotopic (exact) mass is 295 g/mol. The van der Waals surface area contributed by atoms with Gasteiger partial charge in [-0.1, -0.05) is 0 Å². The topological polar surface area (TPSA) is 86.6 Å². The van der Waals surface area contributed by atoms with E-state index < -0.39 is 17.9 Å². The van der Waals surface area contributed by atoms with Crippen molar-refractivity contribution in [2.24, 2.45) is 0 Å². The third-order valence-electron chi connectivity index (χ3n) is 3.60. The molecule has 1 unspecified atom stereocenters. The predicted octanol–water partition coefficient (Wildman–Crippen LogP) is 2.39. The Morgan fingerprint density at radius 2 is 2.10 bits per heavy atom. The molecule has 0 aliphatic carbocycles. The number of hydrogen-bond acceptors (Lipinski definition) is 3. The van der Waals surface area contributed by atoms with Crippen molar-refractivity contribution in [3.05, 3.63) is 29.1 Å². The first kappa shape index (κ1) is 15.4. The number of amides is 1. The van der Waals surface area contributed by atoms with E-state index in [1.807, 2.05) is 0 Å². The molecule has 0 saturated heterocycles. The highest BCUT2D eigenvalue weighted by Crippen LogP contribution is 2.30. The van der Waals surface area contributed by atoms with Gasteiger partial charge in [-0.25, -0.2) is 4.39 Å². The fourth-order valence-corrected chi connectivity index (χ4v) is 2.45. The summed E-state index contributed by atoms with van der Waals surface area (Å²) in [5.41, 5.74) is 1.49. The summed E-state index contributed by atoms with van der Waals surface area (Å²) >= 11 is 0. The number of unbranched alkanes of at least 4 members (excludes halogenated alkanes) is 1. The van der Waals surface area contributed by atoms with Crippen molar-refractivity contribution in [2.75, 3.05) is 5.32 Å². The third kappa shape index (κ3) is 4.01. The lowest BCUT2D eigenvalue weighted by atomic mass is 9.95. The van der Waals surface area contributed by atoms with Crippen LogP contribution in [0.1, 0.15) is 49.3 Å². The number of aliphatic hydroxyl groups excluding tert-OH is 1. The van der Waals surface area contributed by atoms with Gasteiger partial charge >= 0.3 is 5.97 Å². The molecule has 5 nitrogen and oxygen atoms in total. The quantitative estimate of drug-likeness (QED) is 0.703. The first-order chi connectivity index (χ1) is 9.97. The molecule has 0 radical (unpaired) electrons. The van der Waals surface area contributed by atoms with Gasteiger partial charge in [-0.05, 0) is 43.4 Å². The summed E-state index contributed by atoms with van der Waals surface area (Å²) in [7, 11) is 0. The van der Waals surface area contributed by atoms with Crippen molar-refractivity contribution in [3.63, 3.8) is 0 Å². The van der Waals surface area contributed by atoms with Crippen LogP contribution >= 0.6 is 0 Å². The SMILES string of the molecule is O=C(O)CCCCC(O)c1cc2c(cc1F)NC(=O)CC2. The van der Waals surface area contributed by atoms with Gasteiger partial charge in [-0.15, -0.1) is 0 Å². The van der Waals surface area contributed by atoms with E-state index in [4.69, 9.17) is 5.11 Å². The number of carboxylic acids is 1. The smallest absolute Gasteiger partial charge is 0.303 e. The molecule has 1 amide bonds. The number of aliphatic carboxylic acids is 1. The van der Waals surface area contributed by atoms with Crippen LogP contribution in [0.4, 0.5) is 10.1 Å². The van der Waals surface area contributed by atoms with Crippen LogP contribution in [0.25, 0.3) is 0 Å². The molecule has 0 bridgehead atoms. The predicted molar refractivity (Wildman–Crippen MR) is 74.4 cm³/mol. The molecule has 2 rings (SSSR count). The maximum Gasteiger partial charge on any atom is 0.303 e. The van der Waals surface area contributed by atoms with Crippen molar-refractivity contribution in [1.29, 1.82) is 0 Å². The molecule has 1 aromatic carbocycles. The number of halogens is 1. The zero-order chi connectivity index (χ0) is 15.4. The summed E-state index contributed by atoms with van der Waals surface area (Å²) in [5.74, 6) is -1.56. The maximum absolute atomic E-state index is 14.0. The van der Waals surface area contributed by atoms with E-state index in [9.17, 15) is 19.1 Å². The molecule has 0 saturated carbocycles. The van der Waals surface area contributed by atoms with E-state index in [-0.39, 0.29) is 17.9 Å². The molecule has 1 aromatic rings. The van der Waals surface area contributed by atoms with Gasteiger partial charge in [-0.3, -0.25) is 9.59 Å². The van der Waals surface area contributed by atoms with Crippen LogP contribution in [0.2, 0.25) is 0 Å². The fraction of sp³-hybridized carbons (Fsp3) is 0.467. The summed E-state index contributed by atoms with van der Waals surface area (Å²) in [6.07, 6.45) is 1.26. The van der Waals surface area contributed by atoms with Gasteiger partial charge in [0.25, 0.3) is 0 Å². The maximum atomic E-state index is 14.0. The van der Waals surface area contributed by atoms with Crippen LogP contribution in [-0.4, -0.2) is 22.1 Å². The molecule has 0 aromatic heterocycles. The van der Waals surface area contributed by atoms with Crippen molar-refractivity contribution >= 4 is 17.6 Å². The van der Waals surface area contributed by atoms with Crippen LogP contribution in [0.15, 0.2) is 12.1 Å². The first-order valence-electron chi connectivity index (χ1n) is 6.99. The molecule has 114 valence electrons. The summed E-state index contributed by atoms with van der Waals surface area (Å²) < 4.78 is 14.0. The fourth-order valence-electron chi connectivity index (χ4n) is 2.45. The van der Waals surface area contributed by atoms with Gasteiger partial charge in [-0.2, -0.15) is 0 Å². The Bertz CT molecular complexity index is 559. The van der Waals surface area contributed by atoms with Gasteiger partial charge < -0.3 is 15.5 Å². The highest BCUT2D eigenvalue weighted by atomic mass is 19.1. The molecular formula is C15H18FNO4. The Balaban J connectivity index is 2.02. The number of carboxylic acid groups (broad SMARTS) is 1. The van der Waals surface area contributed by atoms with Gasteiger partial charge in [0.15, 0.2) is 0 Å². The lowest BCUT2D eigenvalue weighted by Crippen LogP contribution is -2.19. The molecule has 0 spiro atoms. The standard InChI is InChI=1S/C15H18FNO4/c16-11-8-12-9(5-6-14(19)17-12)7-10(11)13(18)3-1-2-4-15(20)21/h7-8,13,18H,1-6H2,(H,17,19)(H,20,21). The lowest BCUT2D eigenvalue weighted by molar-refractivity contribution is -0.137. The average molecular weight is 295 g/mol. The molecule has 3 N–H and O–H groups in total. The van der Waals surface area contributed by atoms with E-state index in [1.165, 1.54) is 6.07 Å². The number of benzene rings is 1. The second kappa shape index (κ2) is 6.67. The number of hydrogen-bond donors (Lipinski definition) is 3. The van der Waals surface area contributed by atoms with Crippen molar-refractivity contribution in [2.45, 2.75) is 44.6 Å². The van der Waals surface area contributed by atoms with Gasteiger partial charge in [0, 0.05) is 24.1 Å². The summed E-state index contributed by atoms with van der Waals surface area (Å²) in [6, 6.07) is 2.83. The Labute approximate surface area is 121 Å². The van der Waals surface area contributed by atoms with E-state index >= 15 is 0 Å². The molecule has 1 atom stereocenters. The van der Waals surface area contributed by atoms with Crippen molar-refractivity contribution in [3.8, 4) is 0 Å². The zero-order valence-electron chi connectivity index (χ0n) is 11.6. The zero-order valence-corrected chi connectivity index (χ0v) is 11.6. The highest BCUT2D eigenvalue weighted by Gasteiger charge is 2.20. The number of aryl methyl sites for hydroxylation is 1. The van der Waals surface area contributed by atoms with Crippen LogP contribution in [-0.2, 0) is 16.0 Å². The Morgan fingerprint density at radius 1 is 1.33 bits per heavy atom. The number of fused-ring (bicyclic) bond motifs is 1. The highest BCUT2D eigenvalue weighted by molar-refractivity contribution is 5.93. The normalized spacial score (nSPS) is 15.2. The molecule has 6 heteroatoms. The number of carbonyl (C=O) groups is 2. The Kier molecular flexibility index (Phi) is 4.90. The minimum absolute atomic E-state index is 0.0470. The summed E-state index contributed by atoms with van der Waals surface area (Å²) in [5, 5.41) is 21.2. The number of rotatable bonds is 6. The third-order valence-corrected chi connectivity index (χ3v) is 3.60. The first-order valence-corrected chi connectivity index (χ1v) is 6.99. The number of nitrogens with one attached hydrogen (secondary N) is 1. The van der Waals surface area contributed by atoms with Crippen molar-refractivity contribution < 1.29 is 24.2 Å². The van der Waals surface area contributed by atoms with E-state index in [0.717, 1.165) is 5.56 Å². The summed E-state index contributed by atoms with van der Waals surface area (Å²) in [6.45, 7) is 0. The van der Waals surface area contributed by atoms with E-state index in [1.54, 1.807) is 6.07 Å². The van der Waals surface area contributed by atoms with Crippen LogP contribution < -0.4 is 5.32 Å². The minimum Gasteiger partial charge on any atom is -0.481 e. The van der Waals surface area contributed by atoms with Crippen LogP contribution in [0.5, 0.6) is 0 Å². The van der Waals surface area contributed by atoms with Crippen LogP contribution in [0, 0.1) is 5.82 Å². The minimum atomic E-state index is -0.957. The second-order valence-corrected chi connectivity index (χ2v) is 5.23. The Hall–Kier alpha value is -1.95. The van der Waals surface area contributed by atoms with Gasteiger partial charge in [0.1, 0.15) is 5.82 Å². The molecular weight excluding hydrogens is 277 g/mol. The van der Waals surface area contributed by atoms with Gasteiger partial charge in [0.2, 0.25) is 5.91 Å². The molecule has 1 aliphatic heterocycles. The Morgan fingerprint density at radius 3 is 2.81 bits per heavy atom. The second-order valence-electron chi connectivity index (χ2n) is 5.23. The molecule has 0 fully saturated rings. The molecule has 1 aliphatic rings. The molecule has 1 heterocycles. The average Bonchev–Trinajstić information content (AvgIpc) is 2.42. The largest absolute Gasteiger partial charge is 0.481 e. The number of aliphatic hydroxyl groups is 1. The number of carbonyl (C=O) groups excluding carboxylic acids is 1. The number of anilines is 1. The van der Waals surface area contributed by atoms with Gasteiger partial charge in [0.05, 0.1) is 6.10 Å². The summed E-state index contributed by atoms with van der Waals surface area (Å²) in [4.78, 5) is 21.7.